The number of rotatable bonds is 7. The van der Waals surface area contributed by atoms with Gasteiger partial charge in [-0.2, -0.15) is 11.8 Å². The molecule has 0 amide bonds. The van der Waals surface area contributed by atoms with E-state index in [9.17, 15) is 0 Å². The molecule has 2 unspecified atom stereocenters. The Morgan fingerprint density at radius 3 is 2.59 bits per heavy atom. The SMILES string of the molecule is CCC(C)NCC(C)SCc1ccccc1C. The largest absolute Gasteiger partial charge is 0.313 e. The van der Waals surface area contributed by atoms with Gasteiger partial charge in [-0.1, -0.05) is 38.1 Å². The fraction of sp³-hybridized carbons (Fsp3) is 0.600. The average Bonchev–Trinajstić information content (AvgIpc) is 2.35. The van der Waals surface area contributed by atoms with Crippen LogP contribution in [0.5, 0.6) is 0 Å². The van der Waals surface area contributed by atoms with Crippen LogP contribution in [-0.4, -0.2) is 17.8 Å². The topological polar surface area (TPSA) is 12.0 Å². The molecule has 0 aromatic heterocycles. The second kappa shape index (κ2) is 7.78. The highest BCUT2D eigenvalue weighted by atomic mass is 32.2. The van der Waals surface area contributed by atoms with Gasteiger partial charge in [0.2, 0.25) is 0 Å². The van der Waals surface area contributed by atoms with Crippen LogP contribution in [-0.2, 0) is 5.75 Å². The van der Waals surface area contributed by atoms with Crippen molar-refractivity contribution in [2.45, 2.75) is 51.2 Å². The van der Waals surface area contributed by atoms with E-state index in [4.69, 9.17) is 0 Å². The van der Waals surface area contributed by atoms with Gasteiger partial charge in [0.05, 0.1) is 0 Å². The molecule has 1 nitrogen and oxygen atoms in total. The third kappa shape index (κ3) is 5.60. The number of nitrogens with one attached hydrogen (secondary N) is 1. The van der Waals surface area contributed by atoms with Crippen LogP contribution in [0.25, 0.3) is 0 Å². The average molecular weight is 251 g/mol. The monoisotopic (exact) mass is 251 g/mol. The molecule has 17 heavy (non-hydrogen) atoms. The van der Waals surface area contributed by atoms with E-state index in [0.717, 1.165) is 12.3 Å². The fourth-order valence-corrected chi connectivity index (χ4v) is 2.58. The lowest BCUT2D eigenvalue weighted by Gasteiger charge is -2.16. The van der Waals surface area contributed by atoms with E-state index in [0.29, 0.717) is 11.3 Å². The molecule has 2 heteroatoms. The predicted octanol–water partition coefficient (Wildman–Crippen LogP) is 4.00. The molecular weight excluding hydrogens is 226 g/mol. The first-order chi connectivity index (χ1) is 8.13. The Morgan fingerprint density at radius 1 is 1.24 bits per heavy atom. The normalized spacial score (nSPS) is 14.6. The van der Waals surface area contributed by atoms with Gasteiger partial charge in [-0.15, -0.1) is 0 Å². The summed E-state index contributed by atoms with van der Waals surface area (Å²) in [7, 11) is 0. The van der Waals surface area contributed by atoms with Crippen LogP contribution in [0.1, 0.15) is 38.3 Å². The zero-order valence-corrected chi connectivity index (χ0v) is 12.3. The van der Waals surface area contributed by atoms with Crippen molar-refractivity contribution >= 4 is 11.8 Å². The van der Waals surface area contributed by atoms with E-state index in [1.54, 1.807) is 0 Å². The van der Waals surface area contributed by atoms with Crippen molar-refractivity contribution in [3.63, 3.8) is 0 Å². The molecule has 96 valence electrons. The maximum absolute atomic E-state index is 3.56. The van der Waals surface area contributed by atoms with Gasteiger partial charge in [-0.25, -0.2) is 0 Å². The molecular formula is C15H25NS. The highest BCUT2D eigenvalue weighted by Crippen LogP contribution is 2.19. The molecule has 0 saturated heterocycles. The van der Waals surface area contributed by atoms with E-state index < -0.39 is 0 Å². The maximum Gasteiger partial charge on any atom is 0.0190 e. The third-order valence-electron chi connectivity index (χ3n) is 3.15. The molecule has 0 spiro atoms. The Kier molecular flexibility index (Phi) is 6.68. The van der Waals surface area contributed by atoms with Gasteiger partial charge >= 0.3 is 0 Å². The summed E-state index contributed by atoms with van der Waals surface area (Å²) in [5, 5.41) is 4.23. The Labute approximate surface area is 110 Å². The lowest BCUT2D eigenvalue weighted by Crippen LogP contribution is -2.30. The standard InChI is InChI=1S/C15H25NS/c1-5-13(3)16-10-14(4)17-11-15-9-7-6-8-12(15)2/h6-9,13-14,16H,5,10-11H2,1-4H3. The zero-order chi connectivity index (χ0) is 12.7. The van der Waals surface area contributed by atoms with Crippen molar-refractivity contribution < 1.29 is 0 Å². The summed E-state index contributed by atoms with van der Waals surface area (Å²) in [6.07, 6.45) is 1.20. The van der Waals surface area contributed by atoms with E-state index in [1.807, 2.05) is 11.8 Å². The first kappa shape index (κ1) is 14.6. The molecule has 0 saturated carbocycles. The molecule has 1 N–H and O–H groups in total. The number of thioether (sulfide) groups is 1. The fourth-order valence-electron chi connectivity index (χ4n) is 1.57. The lowest BCUT2D eigenvalue weighted by atomic mass is 10.1. The minimum Gasteiger partial charge on any atom is -0.313 e. The first-order valence-electron chi connectivity index (χ1n) is 6.53. The summed E-state index contributed by atoms with van der Waals surface area (Å²) < 4.78 is 0. The second-order valence-electron chi connectivity index (χ2n) is 4.77. The summed E-state index contributed by atoms with van der Waals surface area (Å²) in [4.78, 5) is 0. The van der Waals surface area contributed by atoms with E-state index >= 15 is 0 Å². The Morgan fingerprint density at radius 2 is 1.94 bits per heavy atom. The summed E-state index contributed by atoms with van der Waals surface area (Å²) in [5.74, 6) is 1.12. The quantitative estimate of drug-likeness (QED) is 0.786. The number of aryl methyl sites for hydroxylation is 1. The van der Waals surface area contributed by atoms with E-state index in [1.165, 1.54) is 17.5 Å². The first-order valence-corrected chi connectivity index (χ1v) is 7.57. The highest BCUT2D eigenvalue weighted by Gasteiger charge is 2.06. The highest BCUT2D eigenvalue weighted by molar-refractivity contribution is 7.99. The molecule has 1 aromatic rings. The van der Waals surface area contributed by atoms with Crippen molar-refractivity contribution in [2.24, 2.45) is 0 Å². The Bertz CT molecular complexity index is 324. The molecule has 2 atom stereocenters. The number of benzene rings is 1. The summed E-state index contributed by atoms with van der Waals surface area (Å²) in [6, 6.07) is 9.30. The van der Waals surface area contributed by atoms with Crippen LogP contribution in [0.4, 0.5) is 0 Å². The van der Waals surface area contributed by atoms with Crippen molar-refractivity contribution in [2.75, 3.05) is 6.54 Å². The van der Waals surface area contributed by atoms with Crippen molar-refractivity contribution in [3.05, 3.63) is 35.4 Å². The Hall–Kier alpha value is -0.470. The molecule has 0 heterocycles. The smallest absolute Gasteiger partial charge is 0.0190 e. The van der Waals surface area contributed by atoms with Gasteiger partial charge in [0.1, 0.15) is 0 Å². The van der Waals surface area contributed by atoms with Crippen LogP contribution in [0, 0.1) is 6.92 Å². The molecule has 0 radical (unpaired) electrons. The van der Waals surface area contributed by atoms with Crippen molar-refractivity contribution in [1.29, 1.82) is 0 Å². The summed E-state index contributed by atoms with van der Waals surface area (Å²) in [6.45, 7) is 10.1. The van der Waals surface area contributed by atoms with Crippen molar-refractivity contribution in [3.8, 4) is 0 Å². The molecule has 0 bridgehead atoms. The summed E-state index contributed by atoms with van der Waals surface area (Å²) >= 11 is 2.03. The predicted molar refractivity (Wildman–Crippen MR) is 79.7 cm³/mol. The molecule has 0 fully saturated rings. The van der Waals surface area contributed by atoms with Crippen LogP contribution >= 0.6 is 11.8 Å². The second-order valence-corrected chi connectivity index (χ2v) is 6.19. The van der Waals surface area contributed by atoms with Crippen LogP contribution in [0.3, 0.4) is 0 Å². The Balaban J connectivity index is 2.28. The van der Waals surface area contributed by atoms with Gasteiger partial charge in [-0.3, -0.25) is 0 Å². The summed E-state index contributed by atoms with van der Waals surface area (Å²) in [5.41, 5.74) is 2.87. The van der Waals surface area contributed by atoms with Gasteiger partial charge in [-0.05, 0) is 31.4 Å². The lowest BCUT2D eigenvalue weighted by molar-refractivity contribution is 0.537. The van der Waals surface area contributed by atoms with E-state index in [-0.39, 0.29) is 0 Å². The molecule has 0 aliphatic carbocycles. The molecule has 0 aliphatic heterocycles. The van der Waals surface area contributed by atoms with E-state index in [2.05, 4.69) is 57.3 Å². The third-order valence-corrected chi connectivity index (χ3v) is 4.36. The minimum absolute atomic E-state index is 0.636. The van der Waals surface area contributed by atoms with Crippen LogP contribution in [0.15, 0.2) is 24.3 Å². The van der Waals surface area contributed by atoms with Gasteiger partial charge in [0, 0.05) is 23.6 Å². The van der Waals surface area contributed by atoms with Crippen LogP contribution in [0.2, 0.25) is 0 Å². The molecule has 0 aliphatic rings. The molecule has 1 rings (SSSR count). The van der Waals surface area contributed by atoms with Gasteiger partial charge < -0.3 is 5.32 Å². The van der Waals surface area contributed by atoms with Gasteiger partial charge in [0.15, 0.2) is 0 Å². The molecule has 1 aromatic carbocycles. The van der Waals surface area contributed by atoms with Gasteiger partial charge in [0.25, 0.3) is 0 Å². The van der Waals surface area contributed by atoms with Crippen molar-refractivity contribution in [1.82, 2.24) is 5.32 Å². The van der Waals surface area contributed by atoms with Crippen LogP contribution < -0.4 is 5.32 Å². The maximum atomic E-state index is 3.56. The number of hydrogen-bond acceptors (Lipinski definition) is 2. The number of hydrogen-bond donors (Lipinski definition) is 1. The zero-order valence-electron chi connectivity index (χ0n) is 11.5. The minimum atomic E-state index is 0.636.